The predicted molar refractivity (Wildman–Crippen MR) is 86.9 cm³/mol. The lowest BCUT2D eigenvalue weighted by atomic mass is 10.1. The second-order valence-electron chi connectivity index (χ2n) is 5.43. The van der Waals surface area contributed by atoms with Gasteiger partial charge in [-0.15, -0.1) is 0 Å². The minimum atomic E-state index is -0.00414. The molecule has 1 amide bonds. The Morgan fingerprint density at radius 2 is 2.27 bits per heavy atom. The van der Waals surface area contributed by atoms with Gasteiger partial charge in [0.15, 0.2) is 18.1 Å². The standard InChI is InChI=1S/C17H24N2O3/c1-3-4-13-5-6-15(16(9-13)21-2)22-12-17(20)19-8-7-14(10-18)11-19/h3-6,9,14H,7-8,10-12,18H2,1-2H3/b4-3+. The number of carbonyl (C=O) groups is 1. The maximum atomic E-state index is 12.2. The molecule has 0 aromatic heterocycles. The van der Waals surface area contributed by atoms with E-state index in [0.717, 1.165) is 25.1 Å². The molecule has 1 aliphatic rings. The molecule has 1 aromatic carbocycles. The van der Waals surface area contributed by atoms with Gasteiger partial charge in [0, 0.05) is 13.1 Å². The van der Waals surface area contributed by atoms with Crippen LogP contribution in [0.5, 0.6) is 11.5 Å². The van der Waals surface area contributed by atoms with Crippen LogP contribution >= 0.6 is 0 Å². The number of likely N-dealkylation sites (tertiary alicyclic amines) is 1. The van der Waals surface area contributed by atoms with Crippen LogP contribution < -0.4 is 15.2 Å². The molecule has 0 saturated carbocycles. The smallest absolute Gasteiger partial charge is 0.260 e. The number of benzene rings is 1. The highest BCUT2D eigenvalue weighted by atomic mass is 16.5. The normalized spacial score (nSPS) is 18.0. The topological polar surface area (TPSA) is 64.8 Å². The summed E-state index contributed by atoms with van der Waals surface area (Å²) < 4.78 is 11.0. The summed E-state index contributed by atoms with van der Waals surface area (Å²) in [5, 5.41) is 0. The van der Waals surface area contributed by atoms with Gasteiger partial charge in [0.2, 0.25) is 0 Å². The average Bonchev–Trinajstić information content (AvgIpc) is 3.02. The number of nitrogens with two attached hydrogens (primary N) is 1. The van der Waals surface area contributed by atoms with Crippen LogP contribution in [-0.2, 0) is 4.79 Å². The minimum absolute atomic E-state index is 0.00414. The first kappa shape index (κ1) is 16.4. The van der Waals surface area contributed by atoms with Crippen LogP contribution in [0.1, 0.15) is 18.9 Å². The lowest BCUT2D eigenvalue weighted by molar-refractivity contribution is -0.132. The zero-order valence-corrected chi connectivity index (χ0v) is 13.2. The number of rotatable bonds is 6. The van der Waals surface area contributed by atoms with Crippen molar-refractivity contribution in [1.29, 1.82) is 0 Å². The number of ether oxygens (including phenoxy) is 2. The van der Waals surface area contributed by atoms with E-state index in [-0.39, 0.29) is 12.5 Å². The molecular weight excluding hydrogens is 280 g/mol. The monoisotopic (exact) mass is 304 g/mol. The highest BCUT2D eigenvalue weighted by Crippen LogP contribution is 2.28. The third-order valence-electron chi connectivity index (χ3n) is 3.87. The van der Waals surface area contributed by atoms with Crippen LogP contribution in [0.15, 0.2) is 24.3 Å². The van der Waals surface area contributed by atoms with Gasteiger partial charge in [0.1, 0.15) is 0 Å². The Morgan fingerprint density at radius 3 is 2.91 bits per heavy atom. The van der Waals surface area contributed by atoms with Crippen molar-refractivity contribution in [1.82, 2.24) is 4.90 Å². The van der Waals surface area contributed by atoms with Gasteiger partial charge in [0.25, 0.3) is 5.91 Å². The first-order valence-electron chi connectivity index (χ1n) is 7.59. The molecule has 5 nitrogen and oxygen atoms in total. The summed E-state index contributed by atoms with van der Waals surface area (Å²) in [4.78, 5) is 14.0. The van der Waals surface area contributed by atoms with Crippen LogP contribution in [0.2, 0.25) is 0 Å². The second kappa shape index (κ2) is 7.84. The molecule has 2 rings (SSSR count). The third kappa shape index (κ3) is 4.01. The fourth-order valence-corrected chi connectivity index (χ4v) is 2.58. The number of allylic oxidation sites excluding steroid dienone is 1. The first-order chi connectivity index (χ1) is 10.7. The van der Waals surface area contributed by atoms with Gasteiger partial charge in [-0.25, -0.2) is 0 Å². The van der Waals surface area contributed by atoms with Crippen molar-refractivity contribution >= 4 is 12.0 Å². The zero-order chi connectivity index (χ0) is 15.9. The highest BCUT2D eigenvalue weighted by Gasteiger charge is 2.25. The van der Waals surface area contributed by atoms with E-state index in [1.165, 1.54) is 0 Å². The van der Waals surface area contributed by atoms with Crippen molar-refractivity contribution in [2.45, 2.75) is 13.3 Å². The van der Waals surface area contributed by atoms with Gasteiger partial charge in [-0.1, -0.05) is 18.2 Å². The summed E-state index contributed by atoms with van der Waals surface area (Å²) in [5.41, 5.74) is 6.68. The summed E-state index contributed by atoms with van der Waals surface area (Å²) in [6.45, 7) is 4.11. The Kier molecular flexibility index (Phi) is 5.83. The maximum absolute atomic E-state index is 12.2. The van der Waals surface area contributed by atoms with Crippen molar-refractivity contribution in [3.05, 3.63) is 29.8 Å². The molecule has 5 heteroatoms. The van der Waals surface area contributed by atoms with E-state index in [9.17, 15) is 4.79 Å². The number of nitrogens with zero attached hydrogens (tertiary/aromatic N) is 1. The molecule has 22 heavy (non-hydrogen) atoms. The van der Waals surface area contributed by atoms with Gasteiger partial charge >= 0.3 is 0 Å². The second-order valence-corrected chi connectivity index (χ2v) is 5.43. The van der Waals surface area contributed by atoms with Crippen molar-refractivity contribution in [2.24, 2.45) is 11.7 Å². The SMILES string of the molecule is C/C=C/c1ccc(OCC(=O)N2CCC(CN)C2)c(OC)c1. The molecule has 1 heterocycles. The summed E-state index contributed by atoms with van der Waals surface area (Å²) in [5.74, 6) is 1.62. The van der Waals surface area contributed by atoms with Gasteiger partial charge in [0.05, 0.1) is 7.11 Å². The summed E-state index contributed by atoms with van der Waals surface area (Å²) in [6, 6.07) is 5.65. The van der Waals surface area contributed by atoms with Crippen LogP contribution in [0, 0.1) is 5.92 Å². The number of amides is 1. The van der Waals surface area contributed by atoms with Gasteiger partial charge < -0.3 is 20.1 Å². The molecule has 1 aromatic rings. The predicted octanol–water partition coefficient (Wildman–Crippen LogP) is 1.91. The Hall–Kier alpha value is -2.01. The maximum Gasteiger partial charge on any atom is 0.260 e. The van der Waals surface area contributed by atoms with Gasteiger partial charge in [-0.05, 0) is 43.5 Å². The molecule has 120 valence electrons. The van der Waals surface area contributed by atoms with Crippen molar-refractivity contribution in [3.8, 4) is 11.5 Å². The van der Waals surface area contributed by atoms with E-state index in [1.807, 2.05) is 42.2 Å². The van der Waals surface area contributed by atoms with Crippen LogP contribution in [0.25, 0.3) is 6.08 Å². The molecular formula is C17H24N2O3. The number of carbonyl (C=O) groups excluding carboxylic acids is 1. The van der Waals surface area contributed by atoms with E-state index in [2.05, 4.69) is 0 Å². The molecule has 0 spiro atoms. The van der Waals surface area contributed by atoms with Crippen molar-refractivity contribution in [3.63, 3.8) is 0 Å². The number of methoxy groups -OCH3 is 1. The lowest BCUT2D eigenvalue weighted by Gasteiger charge is -2.17. The fraction of sp³-hybridized carbons (Fsp3) is 0.471. The Labute approximate surface area is 131 Å². The summed E-state index contributed by atoms with van der Waals surface area (Å²) in [6.07, 6.45) is 4.92. The highest BCUT2D eigenvalue weighted by molar-refractivity contribution is 5.78. The van der Waals surface area contributed by atoms with E-state index in [1.54, 1.807) is 7.11 Å². The summed E-state index contributed by atoms with van der Waals surface area (Å²) in [7, 11) is 1.59. The van der Waals surface area contributed by atoms with E-state index >= 15 is 0 Å². The quantitative estimate of drug-likeness (QED) is 0.872. The van der Waals surface area contributed by atoms with Crippen LogP contribution in [-0.4, -0.2) is 44.2 Å². The molecule has 0 aliphatic carbocycles. The molecule has 0 radical (unpaired) electrons. The van der Waals surface area contributed by atoms with Crippen LogP contribution in [0.4, 0.5) is 0 Å². The Bertz CT molecular complexity index is 543. The largest absolute Gasteiger partial charge is 0.493 e. The Balaban J connectivity index is 1.95. The minimum Gasteiger partial charge on any atom is -0.493 e. The molecule has 1 atom stereocenters. The molecule has 1 aliphatic heterocycles. The molecule has 1 fully saturated rings. The molecule has 1 unspecified atom stereocenters. The van der Waals surface area contributed by atoms with Gasteiger partial charge in [-0.2, -0.15) is 0 Å². The third-order valence-corrected chi connectivity index (χ3v) is 3.87. The van der Waals surface area contributed by atoms with Gasteiger partial charge in [-0.3, -0.25) is 4.79 Å². The van der Waals surface area contributed by atoms with E-state index in [0.29, 0.717) is 24.0 Å². The van der Waals surface area contributed by atoms with Crippen molar-refractivity contribution < 1.29 is 14.3 Å². The summed E-state index contributed by atoms with van der Waals surface area (Å²) >= 11 is 0. The van der Waals surface area contributed by atoms with E-state index < -0.39 is 0 Å². The number of hydrogen-bond acceptors (Lipinski definition) is 4. The average molecular weight is 304 g/mol. The van der Waals surface area contributed by atoms with Crippen LogP contribution in [0.3, 0.4) is 0 Å². The number of hydrogen-bond donors (Lipinski definition) is 1. The first-order valence-corrected chi connectivity index (χ1v) is 7.59. The Morgan fingerprint density at radius 1 is 1.45 bits per heavy atom. The molecule has 0 bridgehead atoms. The molecule has 2 N–H and O–H groups in total. The molecule has 1 saturated heterocycles. The fourth-order valence-electron chi connectivity index (χ4n) is 2.58. The van der Waals surface area contributed by atoms with Crippen molar-refractivity contribution in [2.75, 3.05) is 33.4 Å². The van der Waals surface area contributed by atoms with E-state index in [4.69, 9.17) is 15.2 Å². The zero-order valence-electron chi connectivity index (χ0n) is 13.2. The lowest BCUT2D eigenvalue weighted by Crippen LogP contribution is -2.33.